The van der Waals surface area contributed by atoms with Crippen molar-refractivity contribution in [1.29, 1.82) is 0 Å². The molecule has 0 radical (unpaired) electrons. The Labute approximate surface area is 165 Å². The van der Waals surface area contributed by atoms with Crippen molar-refractivity contribution in [2.24, 2.45) is 12.8 Å². The summed E-state index contributed by atoms with van der Waals surface area (Å²) in [4.78, 5) is 49.1. The average molecular weight is 396 g/mol. The molecule has 1 heterocycles. The van der Waals surface area contributed by atoms with E-state index in [2.05, 4.69) is 5.32 Å². The number of methoxy groups -OCH3 is 1. The summed E-state index contributed by atoms with van der Waals surface area (Å²) in [5, 5.41) is 2.88. The highest BCUT2D eigenvalue weighted by molar-refractivity contribution is 6.00. The maximum Gasteiger partial charge on any atom is 0.339 e. The topological polar surface area (TPSA) is 125 Å². The number of carbonyl (C=O) groups excluding carboxylic acids is 2. The molecule has 3 rings (SSSR count). The number of nitrogens with one attached hydrogen (secondary N) is 1. The van der Waals surface area contributed by atoms with Crippen LogP contribution in [-0.4, -0.2) is 28.2 Å². The minimum absolute atomic E-state index is 0.0861. The van der Waals surface area contributed by atoms with Crippen LogP contribution in [0.15, 0.2) is 46.0 Å². The SMILES string of the molecule is COc1ccc(CNC(=O)c2ccc3c(c2C)c(=O)n(C(N)=O)c(=O)n3C)cc1. The second-order valence-corrected chi connectivity index (χ2v) is 6.48. The van der Waals surface area contributed by atoms with Gasteiger partial charge >= 0.3 is 11.7 Å². The fourth-order valence-corrected chi connectivity index (χ4v) is 3.16. The summed E-state index contributed by atoms with van der Waals surface area (Å²) in [7, 11) is 2.99. The Kier molecular flexibility index (Phi) is 5.22. The van der Waals surface area contributed by atoms with Crippen LogP contribution in [0.25, 0.3) is 10.9 Å². The lowest BCUT2D eigenvalue weighted by molar-refractivity contribution is 0.0950. The van der Waals surface area contributed by atoms with Crippen LogP contribution >= 0.6 is 0 Å². The maximum atomic E-state index is 12.7. The van der Waals surface area contributed by atoms with Crippen LogP contribution in [0.2, 0.25) is 0 Å². The molecule has 2 aromatic carbocycles. The molecule has 9 heteroatoms. The number of amides is 2. The van der Waals surface area contributed by atoms with Crippen molar-refractivity contribution >= 4 is 22.8 Å². The van der Waals surface area contributed by atoms with Crippen molar-refractivity contribution in [3.05, 3.63) is 73.9 Å². The lowest BCUT2D eigenvalue weighted by atomic mass is 10.0. The number of nitrogens with zero attached hydrogens (tertiary/aromatic N) is 2. The molecule has 0 saturated carbocycles. The molecule has 0 bridgehead atoms. The zero-order valence-electron chi connectivity index (χ0n) is 16.2. The van der Waals surface area contributed by atoms with E-state index in [0.717, 1.165) is 10.1 Å². The number of hydrogen-bond acceptors (Lipinski definition) is 5. The predicted octanol–water partition coefficient (Wildman–Crippen LogP) is 0.874. The minimum Gasteiger partial charge on any atom is -0.497 e. The fourth-order valence-electron chi connectivity index (χ4n) is 3.16. The minimum atomic E-state index is -1.17. The predicted molar refractivity (Wildman–Crippen MR) is 107 cm³/mol. The van der Waals surface area contributed by atoms with Gasteiger partial charge in [0.15, 0.2) is 0 Å². The zero-order valence-corrected chi connectivity index (χ0v) is 16.2. The monoisotopic (exact) mass is 396 g/mol. The van der Waals surface area contributed by atoms with Crippen molar-refractivity contribution in [1.82, 2.24) is 14.5 Å². The first kappa shape index (κ1) is 19.9. The highest BCUT2D eigenvalue weighted by atomic mass is 16.5. The van der Waals surface area contributed by atoms with E-state index in [1.165, 1.54) is 19.2 Å². The third-order valence-corrected chi connectivity index (χ3v) is 4.78. The summed E-state index contributed by atoms with van der Waals surface area (Å²) >= 11 is 0. The number of ether oxygens (including phenoxy) is 1. The van der Waals surface area contributed by atoms with Gasteiger partial charge in [-0.05, 0) is 42.3 Å². The van der Waals surface area contributed by atoms with Gasteiger partial charge in [-0.15, -0.1) is 0 Å². The molecule has 0 spiro atoms. The molecular weight excluding hydrogens is 376 g/mol. The van der Waals surface area contributed by atoms with Crippen molar-refractivity contribution < 1.29 is 14.3 Å². The molecule has 0 unspecified atom stereocenters. The van der Waals surface area contributed by atoms with E-state index >= 15 is 0 Å². The van der Waals surface area contributed by atoms with Gasteiger partial charge in [0, 0.05) is 19.2 Å². The first-order valence-electron chi connectivity index (χ1n) is 8.72. The number of benzene rings is 2. The lowest BCUT2D eigenvalue weighted by Gasteiger charge is -2.13. The van der Waals surface area contributed by atoms with Gasteiger partial charge in [0.25, 0.3) is 11.5 Å². The van der Waals surface area contributed by atoms with Crippen LogP contribution in [0.1, 0.15) is 21.5 Å². The molecule has 1 aromatic heterocycles. The van der Waals surface area contributed by atoms with Gasteiger partial charge in [-0.25, -0.2) is 9.59 Å². The summed E-state index contributed by atoms with van der Waals surface area (Å²) in [6.45, 7) is 1.86. The van der Waals surface area contributed by atoms with Crippen LogP contribution < -0.4 is 27.0 Å². The molecule has 0 aliphatic rings. The van der Waals surface area contributed by atoms with E-state index < -0.39 is 17.3 Å². The van der Waals surface area contributed by atoms with Crippen molar-refractivity contribution in [2.75, 3.05) is 7.11 Å². The van der Waals surface area contributed by atoms with Gasteiger partial charge in [0.1, 0.15) is 5.75 Å². The molecule has 9 nitrogen and oxygen atoms in total. The summed E-state index contributed by atoms with van der Waals surface area (Å²) in [6.07, 6.45) is 0. The highest BCUT2D eigenvalue weighted by Crippen LogP contribution is 2.18. The normalized spacial score (nSPS) is 10.7. The Bertz CT molecular complexity index is 1240. The molecule has 3 aromatic rings. The molecule has 3 N–H and O–H groups in total. The summed E-state index contributed by atoms with van der Waals surface area (Å²) in [6, 6.07) is 9.09. The Morgan fingerprint density at radius 1 is 1.10 bits per heavy atom. The molecular formula is C20H20N4O5. The smallest absolute Gasteiger partial charge is 0.339 e. The van der Waals surface area contributed by atoms with Crippen LogP contribution in [0.5, 0.6) is 5.75 Å². The fraction of sp³-hybridized carbons (Fsp3) is 0.200. The summed E-state index contributed by atoms with van der Waals surface area (Å²) in [5.41, 5.74) is 5.28. The van der Waals surface area contributed by atoms with Crippen LogP contribution in [-0.2, 0) is 13.6 Å². The number of nitrogens with two attached hydrogens (primary N) is 1. The number of rotatable bonds is 4. The summed E-state index contributed by atoms with van der Waals surface area (Å²) in [5.74, 6) is 0.320. The lowest BCUT2D eigenvalue weighted by Crippen LogP contribution is -2.45. The maximum absolute atomic E-state index is 12.7. The molecule has 150 valence electrons. The third kappa shape index (κ3) is 3.49. The van der Waals surface area contributed by atoms with E-state index in [9.17, 15) is 19.2 Å². The molecule has 29 heavy (non-hydrogen) atoms. The third-order valence-electron chi connectivity index (χ3n) is 4.78. The molecule has 2 amide bonds. The number of primary amides is 1. The van der Waals surface area contributed by atoms with Gasteiger partial charge in [-0.1, -0.05) is 12.1 Å². The van der Waals surface area contributed by atoms with Crippen molar-refractivity contribution in [3.8, 4) is 5.75 Å². The van der Waals surface area contributed by atoms with Gasteiger partial charge in [0.05, 0.1) is 18.0 Å². The molecule has 0 fully saturated rings. The standard InChI is InChI=1S/C20H20N4O5/c1-11-14(17(25)22-10-12-4-6-13(29-3)7-5-12)8-9-15-16(11)18(26)24(19(21)27)20(28)23(15)2/h4-9H,10H2,1-3H3,(H2,21,27)(H,22,25). The number of fused-ring (bicyclic) bond motifs is 1. The Balaban J connectivity index is 2.00. The van der Waals surface area contributed by atoms with Crippen molar-refractivity contribution in [2.45, 2.75) is 13.5 Å². The number of hydrogen-bond donors (Lipinski definition) is 2. The Morgan fingerprint density at radius 2 is 1.76 bits per heavy atom. The second kappa shape index (κ2) is 7.63. The Hall–Kier alpha value is -3.88. The zero-order chi connectivity index (χ0) is 21.3. The highest BCUT2D eigenvalue weighted by Gasteiger charge is 2.19. The van der Waals surface area contributed by atoms with Crippen LogP contribution in [0.4, 0.5) is 4.79 Å². The molecule has 0 aliphatic heterocycles. The van der Waals surface area contributed by atoms with Gasteiger partial charge in [-0.2, -0.15) is 4.57 Å². The van der Waals surface area contributed by atoms with Crippen LogP contribution in [0.3, 0.4) is 0 Å². The first-order valence-corrected chi connectivity index (χ1v) is 8.72. The van der Waals surface area contributed by atoms with Gasteiger partial charge in [-0.3, -0.25) is 14.2 Å². The molecule has 0 saturated heterocycles. The van der Waals surface area contributed by atoms with E-state index in [4.69, 9.17) is 10.5 Å². The van der Waals surface area contributed by atoms with E-state index in [1.807, 2.05) is 12.1 Å². The van der Waals surface area contributed by atoms with E-state index in [-0.39, 0.29) is 23.4 Å². The van der Waals surface area contributed by atoms with Crippen molar-refractivity contribution in [3.63, 3.8) is 0 Å². The molecule has 0 atom stereocenters. The van der Waals surface area contributed by atoms with Crippen LogP contribution in [0, 0.1) is 6.92 Å². The van der Waals surface area contributed by atoms with E-state index in [1.54, 1.807) is 26.2 Å². The number of carbonyl (C=O) groups is 2. The number of aryl methyl sites for hydroxylation is 2. The number of aromatic nitrogens is 2. The summed E-state index contributed by atoms with van der Waals surface area (Å²) < 4.78 is 6.60. The van der Waals surface area contributed by atoms with Gasteiger partial charge in [0.2, 0.25) is 0 Å². The average Bonchev–Trinajstić information content (AvgIpc) is 2.70. The molecule has 0 aliphatic carbocycles. The van der Waals surface area contributed by atoms with E-state index in [0.29, 0.717) is 21.4 Å². The second-order valence-electron chi connectivity index (χ2n) is 6.48. The van der Waals surface area contributed by atoms with Gasteiger partial charge < -0.3 is 15.8 Å². The Morgan fingerprint density at radius 3 is 2.34 bits per heavy atom. The largest absolute Gasteiger partial charge is 0.497 e. The quantitative estimate of drug-likeness (QED) is 0.677. The first-order chi connectivity index (χ1) is 13.8.